The van der Waals surface area contributed by atoms with Gasteiger partial charge in [0.25, 0.3) is 0 Å². The van der Waals surface area contributed by atoms with Gasteiger partial charge in [-0.3, -0.25) is 0 Å². The zero-order valence-electron chi connectivity index (χ0n) is 10.7. The van der Waals surface area contributed by atoms with Crippen LogP contribution in [0, 0.1) is 0 Å². The van der Waals surface area contributed by atoms with Crippen molar-refractivity contribution < 1.29 is 0 Å². The first-order valence-electron chi connectivity index (χ1n) is 6.20. The summed E-state index contributed by atoms with van der Waals surface area (Å²) in [4.78, 5) is 4.58. The summed E-state index contributed by atoms with van der Waals surface area (Å²) >= 11 is 11.1. The molecule has 0 spiro atoms. The lowest BCUT2D eigenvalue weighted by molar-refractivity contribution is 0.881. The largest absolute Gasteiger partial charge is 0.355 e. The lowest BCUT2D eigenvalue weighted by Crippen LogP contribution is -2.05. The fraction of sp³-hybridized carbons (Fsp3) is 0.133. The van der Waals surface area contributed by atoms with Crippen LogP contribution >= 0.6 is 38.9 Å². The first kappa shape index (κ1) is 13.9. The molecule has 0 saturated heterocycles. The van der Waals surface area contributed by atoms with Crippen LogP contribution in [0.5, 0.6) is 0 Å². The Labute approximate surface area is 134 Å². The highest BCUT2D eigenvalue weighted by Crippen LogP contribution is 2.30. The van der Waals surface area contributed by atoms with Crippen LogP contribution in [0.3, 0.4) is 0 Å². The molecule has 1 atom stereocenters. The SMILES string of the molecule is CC(Nc1nc2ccc(Cl)cc2s1)c1cccc(Br)c1. The van der Waals surface area contributed by atoms with E-state index in [0.717, 1.165) is 24.8 Å². The van der Waals surface area contributed by atoms with Crippen molar-refractivity contribution in [3.05, 3.63) is 57.5 Å². The van der Waals surface area contributed by atoms with Crippen molar-refractivity contribution in [1.82, 2.24) is 4.98 Å². The Hall–Kier alpha value is -1.10. The average molecular weight is 368 g/mol. The van der Waals surface area contributed by atoms with Crippen molar-refractivity contribution in [3.63, 3.8) is 0 Å². The van der Waals surface area contributed by atoms with Gasteiger partial charge in [0.1, 0.15) is 0 Å². The number of benzene rings is 2. The van der Waals surface area contributed by atoms with Gasteiger partial charge in [-0.15, -0.1) is 0 Å². The molecule has 0 saturated carbocycles. The molecule has 1 aromatic heterocycles. The first-order chi connectivity index (χ1) is 9.61. The van der Waals surface area contributed by atoms with E-state index in [0.29, 0.717) is 0 Å². The van der Waals surface area contributed by atoms with Gasteiger partial charge in [0.05, 0.1) is 16.3 Å². The van der Waals surface area contributed by atoms with Crippen LogP contribution in [-0.2, 0) is 0 Å². The van der Waals surface area contributed by atoms with Crippen molar-refractivity contribution in [3.8, 4) is 0 Å². The minimum Gasteiger partial charge on any atom is -0.355 e. The second-order valence-electron chi connectivity index (χ2n) is 4.55. The summed E-state index contributed by atoms with van der Waals surface area (Å²) in [6, 6.07) is 14.2. The second kappa shape index (κ2) is 5.72. The Kier molecular flexibility index (Phi) is 3.96. The number of nitrogens with zero attached hydrogens (tertiary/aromatic N) is 1. The van der Waals surface area contributed by atoms with Gasteiger partial charge >= 0.3 is 0 Å². The topological polar surface area (TPSA) is 24.9 Å². The normalized spacial score (nSPS) is 12.6. The van der Waals surface area contributed by atoms with E-state index < -0.39 is 0 Å². The van der Waals surface area contributed by atoms with Gasteiger partial charge in [0.2, 0.25) is 0 Å². The third kappa shape index (κ3) is 2.97. The molecule has 1 N–H and O–H groups in total. The van der Waals surface area contributed by atoms with E-state index >= 15 is 0 Å². The Bertz CT molecular complexity index is 756. The number of anilines is 1. The molecule has 0 aliphatic carbocycles. The highest BCUT2D eigenvalue weighted by atomic mass is 79.9. The van der Waals surface area contributed by atoms with Crippen LogP contribution in [-0.4, -0.2) is 4.98 Å². The molecule has 0 aliphatic rings. The van der Waals surface area contributed by atoms with Crippen molar-refractivity contribution in [1.29, 1.82) is 0 Å². The molecule has 0 aliphatic heterocycles. The summed E-state index contributed by atoms with van der Waals surface area (Å²) in [6.45, 7) is 2.13. The van der Waals surface area contributed by atoms with Crippen LogP contribution in [0.1, 0.15) is 18.5 Å². The number of nitrogens with one attached hydrogen (secondary N) is 1. The molecule has 2 aromatic carbocycles. The van der Waals surface area contributed by atoms with Crippen LogP contribution < -0.4 is 5.32 Å². The Balaban J connectivity index is 1.85. The highest BCUT2D eigenvalue weighted by molar-refractivity contribution is 9.10. The third-order valence-electron chi connectivity index (χ3n) is 3.04. The summed E-state index contributed by atoms with van der Waals surface area (Å²) in [6.07, 6.45) is 0. The number of rotatable bonds is 3. The quantitative estimate of drug-likeness (QED) is 0.624. The molecule has 20 heavy (non-hydrogen) atoms. The van der Waals surface area contributed by atoms with Crippen LogP contribution in [0.2, 0.25) is 5.02 Å². The molecule has 0 fully saturated rings. The fourth-order valence-electron chi connectivity index (χ4n) is 2.00. The molecule has 102 valence electrons. The Morgan fingerprint density at radius 1 is 1.25 bits per heavy atom. The van der Waals surface area contributed by atoms with Crippen molar-refractivity contribution in [2.45, 2.75) is 13.0 Å². The maximum absolute atomic E-state index is 6.00. The first-order valence-corrected chi connectivity index (χ1v) is 8.18. The number of thiazole rings is 1. The number of fused-ring (bicyclic) bond motifs is 1. The molecule has 1 unspecified atom stereocenters. The standard InChI is InChI=1S/C15H12BrClN2S/c1-9(10-3-2-4-11(16)7-10)18-15-19-13-6-5-12(17)8-14(13)20-15/h2-9H,1H3,(H,18,19). The Morgan fingerprint density at radius 2 is 2.10 bits per heavy atom. The molecule has 0 bridgehead atoms. The van der Waals surface area contributed by atoms with E-state index in [1.165, 1.54) is 5.56 Å². The highest BCUT2D eigenvalue weighted by Gasteiger charge is 2.09. The summed E-state index contributed by atoms with van der Waals surface area (Å²) < 4.78 is 2.18. The number of hydrogen-bond donors (Lipinski definition) is 1. The lowest BCUT2D eigenvalue weighted by atomic mass is 10.1. The van der Waals surface area contributed by atoms with E-state index in [2.05, 4.69) is 45.3 Å². The van der Waals surface area contributed by atoms with Gasteiger partial charge < -0.3 is 5.32 Å². The van der Waals surface area contributed by atoms with Gasteiger partial charge in [-0.05, 0) is 42.8 Å². The van der Waals surface area contributed by atoms with Crippen LogP contribution in [0.15, 0.2) is 46.9 Å². The molecule has 5 heteroatoms. The summed E-state index contributed by atoms with van der Waals surface area (Å²) in [5.74, 6) is 0. The molecule has 2 nitrogen and oxygen atoms in total. The average Bonchev–Trinajstić information content (AvgIpc) is 2.80. The number of aromatic nitrogens is 1. The molecule has 0 radical (unpaired) electrons. The zero-order valence-corrected chi connectivity index (χ0v) is 13.9. The molecule has 1 heterocycles. The van der Waals surface area contributed by atoms with E-state index in [4.69, 9.17) is 11.6 Å². The van der Waals surface area contributed by atoms with Crippen molar-refractivity contribution >= 4 is 54.2 Å². The van der Waals surface area contributed by atoms with Gasteiger partial charge in [-0.2, -0.15) is 0 Å². The number of halogens is 2. The monoisotopic (exact) mass is 366 g/mol. The maximum atomic E-state index is 6.00. The molecular weight excluding hydrogens is 356 g/mol. The second-order valence-corrected chi connectivity index (χ2v) is 6.93. The molecule has 0 amide bonds. The van der Waals surface area contributed by atoms with Gasteiger partial charge in [-0.1, -0.05) is 51.0 Å². The molecule has 3 aromatic rings. The van der Waals surface area contributed by atoms with E-state index in [1.807, 2.05) is 30.3 Å². The van der Waals surface area contributed by atoms with Crippen molar-refractivity contribution in [2.75, 3.05) is 5.32 Å². The maximum Gasteiger partial charge on any atom is 0.184 e. The third-order valence-corrected chi connectivity index (χ3v) is 4.72. The van der Waals surface area contributed by atoms with E-state index in [1.54, 1.807) is 11.3 Å². The van der Waals surface area contributed by atoms with Gasteiger partial charge in [0.15, 0.2) is 5.13 Å². The minimum atomic E-state index is 0.198. The zero-order chi connectivity index (χ0) is 14.1. The van der Waals surface area contributed by atoms with Crippen LogP contribution in [0.25, 0.3) is 10.2 Å². The van der Waals surface area contributed by atoms with Gasteiger partial charge in [-0.25, -0.2) is 4.98 Å². The van der Waals surface area contributed by atoms with Crippen molar-refractivity contribution in [2.24, 2.45) is 0 Å². The Morgan fingerprint density at radius 3 is 2.90 bits per heavy atom. The summed E-state index contributed by atoms with van der Waals surface area (Å²) in [7, 11) is 0. The molecular formula is C15H12BrClN2S. The lowest BCUT2D eigenvalue weighted by Gasteiger charge is -2.13. The molecule has 3 rings (SSSR count). The van der Waals surface area contributed by atoms with Gasteiger partial charge in [0, 0.05) is 9.50 Å². The summed E-state index contributed by atoms with van der Waals surface area (Å²) in [5, 5.41) is 5.09. The van der Waals surface area contributed by atoms with Crippen LogP contribution in [0.4, 0.5) is 5.13 Å². The summed E-state index contributed by atoms with van der Waals surface area (Å²) in [5.41, 5.74) is 2.19. The smallest absolute Gasteiger partial charge is 0.184 e. The number of hydrogen-bond acceptors (Lipinski definition) is 3. The van der Waals surface area contributed by atoms with E-state index in [-0.39, 0.29) is 6.04 Å². The predicted octanol–water partition coefficient (Wildman–Crippen LogP) is 5.89. The minimum absolute atomic E-state index is 0.198. The predicted molar refractivity (Wildman–Crippen MR) is 90.8 cm³/mol. The fourth-order valence-corrected chi connectivity index (χ4v) is 3.65. The van der Waals surface area contributed by atoms with E-state index in [9.17, 15) is 0 Å².